The van der Waals surface area contributed by atoms with Gasteiger partial charge in [0.05, 0.1) is 11.2 Å². The largest absolute Gasteiger partial charge is 0.236 e. The highest BCUT2D eigenvalue weighted by Crippen LogP contribution is 2.34. The number of fused-ring (bicyclic) bond motifs is 2. The fourth-order valence-electron chi connectivity index (χ4n) is 3.09. The van der Waals surface area contributed by atoms with Crippen LogP contribution >= 0.6 is 0 Å². The summed E-state index contributed by atoms with van der Waals surface area (Å²) in [5, 5.41) is 3.44. The van der Waals surface area contributed by atoms with Gasteiger partial charge in [-0.3, -0.25) is 0 Å². The molecule has 0 atom stereocenters. The number of para-hydroxylation sites is 1. The van der Waals surface area contributed by atoms with Crippen LogP contribution in [0.15, 0.2) is 67.0 Å². The van der Waals surface area contributed by atoms with E-state index in [1.807, 2.05) is 18.2 Å². The maximum atomic E-state index is 4.66. The van der Waals surface area contributed by atoms with Crippen LogP contribution in [0.3, 0.4) is 0 Å². The maximum absolute atomic E-state index is 4.66. The molecule has 0 N–H and O–H groups in total. The summed E-state index contributed by atoms with van der Waals surface area (Å²) in [5.41, 5.74) is 7.55. The molecule has 0 radical (unpaired) electrons. The summed E-state index contributed by atoms with van der Waals surface area (Å²) in [7, 11) is -1.48. The number of nitrogens with zero attached hydrogens (tertiary/aromatic N) is 2. The molecule has 0 unspecified atom stereocenters. The van der Waals surface area contributed by atoms with Gasteiger partial charge in [0.25, 0.3) is 0 Å². The number of rotatable bonds is 1. The molecule has 0 aliphatic rings. The quantitative estimate of drug-likeness (QED) is 0.325. The average Bonchev–Trinajstić information content (AvgIpc) is 2.65. The Labute approximate surface area is 154 Å². The topological polar surface area (TPSA) is 25.8 Å². The van der Waals surface area contributed by atoms with Crippen LogP contribution in [-0.4, -0.2) is 18.0 Å². The summed E-state index contributed by atoms with van der Waals surface area (Å²) < 4.78 is 0. The fraction of sp³-hybridized carbons (Fsp3) is 0.130. The van der Waals surface area contributed by atoms with E-state index in [0.717, 1.165) is 27.7 Å². The second-order valence-electron chi connectivity index (χ2n) is 7.45. The molecule has 0 aliphatic heterocycles. The molecule has 3 aromatic carbocycles. The first kappa shape index (κ1) is 16.5. The lowest BCUT2D eigenvalue weighted by Gasteiger charge is -2.12. The van der Waals surface area contributed by atoms with Crippen molar-refractivity contribution in [2.75, 3.05) is 0 Å². The van der Waals surface area contributed by atoms with Gasteiger partial charge in [-0.25, -0.2) is 9.97 Å². The van der Waals surface area contributed by atoms with Crippen LogP contribution in [-0.2, 0) is 0 Å². The van der Waals surface area contributed by atoms with Crippen molar-refractivity contribution < 1.29 is 0 Å². The van der Waals surface area contributed by atoms with E-state index in [9.17, 15) is 0 Å². The van der Waals surface area contributed by atoms with Crippen LogP contribution < -0.4 is 0 Å². The van der Waals surface area contributed by atoms with E-state index in [0.29, 0.717) is 0 Å². The van der Waals surface area contributed by atoms with Gasteiger partial charge < -0.3 is 0 Å². The molecule has 26 heavy (non-hydrogen) atoms. The minimum atomic E-state index is -1.48. The number of hydrogen-bond acceptors (Lipinski definition) is 2. The van der Waals surface area contributed by atoms with Gasteiger partial charge in [-0.1, -0.05) is 74.1 Å². The first-order chi connectivity index (χ1) is 12.5. The molecule has 0 spiro atoms. The van der Waals surface area contributed by atoms with Gasteiger partial charge in [-0.15, -0.1) is 5.54 Å². The molecule has 126 valence electrons. The number of aromatic nitrogens is 2. The Morgan fingerprint density at radius 3 is 2.31 bits per heavy atom. The number of benzene rings is 3. The van der Waals surface area contributed by atoms with Crippen molar-refractivity contribution in [3.8, 4) is 22.7 Å². The first-order valence-electron chi connectivity index (χ1n) is 8.78. The highest BCUT2D eigenvalue weighted by atomic mass is 28.3. The molecule has 1 heterocycles. The molecule has 2 nitrogen and oxygen atoms in total. The fourth-order valence-corrected chi connectivity index (χ4v) is 3.60. The van der Waals surface area contributed by atoms with Gasteiger partial charge in [0, 0.05) is 16.5 Å². The zero-order valence-electron chi connectivity index (χ0n) is 15.2. The van der Waals surface area contributed by atoms with Crippen LogP contribution in [0.1, 0.15) is 5.56 Å². The van der Waals surface area contributed by atoms with Crippen LogP contribution in [0.25, 0.3) is 32.9 Å². The molecule has 0 amide bonds. The molecule has 1 aromatic heterocycles. The molecule has 0 aliphatic carbocycles. The molecular formula is C23H20N2Si. The summed E-state index contributed by atoms with van der Waals surface area (Å²) in [5.74, 6) is 3.46. The van der Waals surface area contributed by atoms with E-state index in [2.05, 4.69) is 83.5 Å². The summed E-state index contributed by atoms with van der Waals surface area (Å²) in [6.07, 6.45) is 1.65. The van der Waals surface area contributed by atoms with Crippen molar-refractivity contribution in [2.24, 2.45) is 0 Å². The van der Waals surface area contributed by atoms with E-state index >= 15 is 0 Å². The molecule has 0 fully saturated rings. The lowest BCUT2D eigenvalue weighted by atomic mass is 9.95. The van der Waals surface area contributed by atoms with E-state index in [1.165, 1.54) is 10.8 Å². The van der Waals surface area contributed by atoms with Crippen LogP contribution in [0.2, 0.25) is 19.6 Å². The highest BCUT2D eigenvalue weighted by molar-refractivity contribution is 6.83. The second-order valence-corrected chi connectivity index (χ2v) is 12.2. The minimum absolute atomic E-state index is 0.951. The Kier molecular flexibility index (Phi) is 4.06. The number of hydrogen-bond donors (Lipinski definition) is 0. The summed E-state index contributed by atoms with van der Waals surface area (Å²) in [6.45, 7) is 6.79. The van der Waals surface area contributed by atoms with E-state index in [4.69, 9.17) is 0 Å². The predicted octanol–water partition coefficient (Wildman–Crippen LogP) is 5.68. The smallest absolute Gasteiger partial charge is 0.129 e. The van der Waals surface area contributed by atoms with Crippen molar-refractivity contribution >= 4 is 29.7 Å². The molecule has 0 saturated carbocycles. The monoisotopic (exact) mass is 352 g/mol. The van der Waals surface area contributed by atoms with Crippen molar-refractivity contribution in [1.29, 1.82) is 0 Å². The molecule has 3 heteroatoms. The molecule has 0 bridgehead atoms. The standard InChI is InChI=1S/C23H20N2Si/c1-26(2,3)15-14-18-13-12-17-8-4-5-9-19(17)22(18)23-20-10-6-7-11-21(20)24-16-25-23/h4-13,16H,1-3H3. The Morgan fingerprint density at radius 1 is 0.769 bits per heavy atom. The van der Waals surface area contributed by atoms with Crippen LogP contribution in [0.5, 0.6) is 0 Å². The normalized spacial score (nSPS) is 11.3. The highest BCUT2D eigenvalue weighted by Gasteiger charge is 2.14. The van der Waals surface area contributed by atoms with E-state index < -0.39 is 8.07 Å². The summed E-state index contributed by atoms with van der Waals surface area (Å²) in [4.78, 5) is 9.09. The SMILES string of the molecule is C[Si](C)(C)C#Cc1ccc2ccccc2c1-c1ncnc2ccccc12. The van der Waals surface area contributed by atoms with Gasteiger partial charge in [-0.2, -0.15) is 0 Å². The maximum Gasteiger partial charge on any atom is 0.129 e. The summed E-state index contributed by atoms with van der Waals surface area (Å²) >= 11 is 0. The van der Waals surface area contributed by atoms with Crippen LogP contribution in [0, 0.1) is 11.5 Å². The van der Waals surface area contributed by atoms with Crippen molar-refractivity contribution in [2.45, 2.75) is 19.6 Å². The third-order valence-corrected chi connectivity index (χ3v) is 5.16. The third-order valence-electron chi connectivity index (χ3n) is 4.28. The summed E-state index contributed by atoms with van der Waals surface area (Å²) in [6, 6.07) is 20.9. The molecule has 0 saturated heterocycles. The Bertz CT molecular complexity index is 1170. The first-order valence-corrected chi connectivity index (χ1v) is 12.3. The van der Waals surface area contributed by atoms with Gasteiger partial charge in [-0.05, 0) is 22.9 Å². The Hall–Kier alpha value is -2.96. The lowest BCUT2D eigenvalue weighted by Crippen LogP contribution is -2.16. The Morgan fingerprint density at radius 2 is 1.50 bits per heavy atom. The van der Waals surface area contributed by atoms with Gasteiger partial charge in [0.2, 0.25) is 0 Å². The zero-order chi connectivity index (χ0) is 18.1. The molecular weight excluding hydrogens is 332 g/mol. The van der Waals surface area contributed by atoms with Crippen molar-refractivity contribution in [3.05, 3.63) is 72.6 Å². The second kappa shape index (κ2) is 6.40. The van der Waals surface area contributed by atoms with Gasteiger partial charge in [0.1, 0.15) is 14.4 Å². The molecule has 4 rings (SSSR count). The van der Waals surface area contributed by atoms with Crippen molar-refractivity contribution in [1.82, 2.24) is 9.97 Å². The lowest BCUT2D eigenvalue weighted by molar-refractivity contribution is 1.23. The third kappa shape index (κ3) is 3.12. The minimum Gasteiger partial charge on any atom is -0.236 e. The van der Waals surface area contributed by atoms with Gasteiger partial charge in [0.15, 0.2) is 0 Å². The molecule has 4 aromatic rings. The van der Waals surface area contributed by atoms with E-state index in [1.54, 1.807) is 6.33 Å². The zero-order valence-corrected chi connectivity index (χ0v) is 16.2. The van der Waals surface area contributed by atoms with Crippen molar-refractivity contribution in [3.63, 3.8) is 0 Å². The predicted molar refractivity (Wildman–Crippen MR) is 113 cm³/mol. The van der Waals surface area contributed by atoms with Gasteiger partial charge >= 0.3 is 0 Å². The Balaban J connectivity index is 2.10. The van der Waals surface area contributed by atoms with E-state index in [-0.39, 0.29) is 0 Å². The average molecular weight is 353 g/mol. The van der Waals surface area contributed by atoms with Crippen LogP contribution in [0.4, 0.5) is 0 Å².